The Morgan fingerprint density at radius 1 is 1.09 bits per heavy atom. The Labute approximate surface area is 129 Å². The zero-order chi connectivity index (χ0) is 15.5. The Bertz CT molecular complexity index is 682. The van der Waals surface area contributed by atoms with Gasteiger partial charge < -0.3 is 0 Å². The second-order valence-corrected chi connectivity index (χ2v) is 5.37. The maximum atomic E-state index is 13.1. The molecule has 1 unspecified atom stereocenters. The maximum Gasteiger partial charge on any atom is 0.242 e. The van der Waals surface area contributed by atoms with Gasteiger partial charge in [-0.1, -0.05) is 42.5 Å². The Morgan fingerprint density at radius 3 is 2.45 bits per heavy atom. The molecule has 2 aromatic carbocycles. The van der Waals surface area contributed by atoms with E-state index in [1.165, 1.54) is 12.1 Å². The third-order valence-corrected chi connectivity index (χ3v) is 3.75. The molecule has 0 aliphatic carbocycles. The van der Waals surface area contributed by atoms with Crippen LogP contribution in [-0.2, 0) is 4.79 Å². The maximum absolute atomic E-state index is 13.1. The van der Waals surface area contributed by atoms with Crippen LogP contribution < -0.4 is 0 Å². The minimum absolute atomic E-state index is 0.0315. The van der Waals surface area contributed by atoms with Crippen molar-refractivity contribution in [1.29, 1.82) is 0 Å². The highest BCUT2D eigenvalue weighted by Crippen LogP contribution is 2.30. The summed E-state index contributed by atoms with van der Waals surface area (Å²) in [5.74, 6) is -0.244. The van der Waals surface area contributed by atoms with Crippen molar-refractivity contribution in [3.8, 4) is 0 Å². The Hall–Kier alpha value is -2.46. The van der Waals surface area contributed by atoms with Crippen LogP contribution in [0.15, 0.2) is 60.8 Å². The van der Waals surface area contributed by atoms with Gasteiger partial charge in [0.25, 0.3) is 0 Å². The average Bonchev–Trinajstić information content (AvgIpc) is 2.81. The van der Waals surface area contributed by atoms with Gasteiger partial charge in [0.2, 0.25) is 5.91 Å². The van der Waals surface area contributed by atoms with Crippen molar-refractivity contribution in [3.05, 3.63) is 77.7 Å². The van der Waals surface area contributed by atoms with Crippen molar-refractivity contribution >= 4 is 12.0 Å². The number of benzene rings is 2. The molecule has 0 N–H and O–H groups in total. The van der Waals surface area contributed by atoms with Crippen LogP contribution in [0, 0.1) is 5.82 Å². The molecule has 1 atom stereocenters. The summed E-state index contributed by atoms with van der Waals surface area (Å²) in [5.41, 5.74) is 1.93. The first kappa shape index (κ1) is 14.5. The molecule has 1 heterocycles. The lowest BCUT2D eigenvalue weighted by atomic mass is 10.1. The fraction of sp³-hybridized carbons (Fsp3) is 0.167. The highest BCUT2D eigenvalue weighted by atomic mass is 19.1. The van der Waals surface area contributed by atoms with E-state index in [0.29, 0.717) is 6.54 Å². The summed E-state index contributed by atoms with van der Waals surface area (Å²) >= 11 is 0. The van der Waals surface area contributed by atoms with Crippen LogP contribution in [0.4, 0.5) is 4.39 Å². The number of hydrogen-bond acceptors (Lipinski definition) is 2. The smallest absolute Gasteiger partial charge is 0.242 e. The summed E-state index contributed by atoms with van der Waals surface area (Å²) in [6, 6.07) is 16.1. The van der Waals surface area contributed by atoms with E-state index in [0.717, 1.165) is 11.1 Å². The predicted octanol–water partition coefficient (Wildman–Crippen LogP) is 3.27. The number of hydrogen-bond donors (Lipinski definition) is 0. The van der Waals surface area contributed by atoms with Crippen molar-refractivity contribution in [3.63, 3.8) is 0 Å². The van der Waals surface area contributed by atoms with Gasteiger partial charge in [0.1, 0.15) is 12.0 Å². The first-order valence-electron chi connectivity index (χ1n) is 7.15. The predicted molar refractivity (Wildman–Crippen MR) is 84.1 cm³/mol. The summed E-state index contributed by atoms with van der Waals surface area (Å²) in [6.45, 7) is 0.348. The van der Waals surface area contributed by atoms with Crippen LogP contribution in [0.2, 0.25) is 0 Å². The summed E-state index contributed by atoms with van der Waals surface area (Å²) in [4.78, 5) is 15.9. The monoisotopic (exact) mass is 296 g/mol. The molecule has 3 rings (SSSR count). The Balaban J connectivity index is 1.88. The van der Waals surface area contributed by atoms with Gasteiger partial charge in [-0.3, -0.25) is 14.6 Å². The molecule has 2 aromatic rings. The number of likely N-dealkylation sites (N-methyl/N-ethyl adjacent to an activating group) is 1. The quantitative estimate of drug-likeness (QED) is 0.868. The molecule has 0 saturated carbocycles. The van der Waals surface area contributed by atoms with E-state index in [1.807, 2.05) is 48.4 Å². The molecule has 112 valence electrons. The van der Waals surface area contributed by atoms with E-state index in [4.69, 9.17) is 0 Å². The van der Waals surface area contributed by atoms with Crippen molar-refractivity contribution in [2.24, 2.45) is 0 Å². The highest BCUT2D eigenvalue weighted by Gasteiger charge is 2.35. The molecule has 0 spiro atoms. The zero-order valence-corrected chi connectivity index (χ0v) is 12.3. The van der Waals surface area contributed by atoms with E-state index >= 15 is 0 Å². The molecule has 3 nitrogen and oxygen atoms in total. The molecule has 0 aromatic heterocycles. The highest BCUT2D eigenvalue weighted by molar-refractivity contribution is 5.82. The van der Waals surface area contributed by atoms with Gasteiger partial charge in [-0.2, -0.15) is 0 Å². The first-order valence-corrected chi connectivity index (χ1v) is 7.15. The number of carbonyl (C=O) groups excluding carboxylic acids is 1. The van der Waals surface area contributed by atoms with Crippen LogP contribution in [0.25, 0.3) is 6.08 Å². The van der Waals surface area contributed by atoms with Crippen LogP contribution in [0.5, 0.6) is 0 Å². The molecule has 1 amide bonds. The molecule has 0 bridgehead atoms. The molecular weight excluding hydrogens is 279 g/mol. The standard InChI is InChI=1S/C18H17FN2O/c1-20-13-17(22)21(12-11-14-5-3-2-4-6-14)18(20)15-7-9-16(19)10-8-15/h2-12,18H,13H2,1H3/b12-11-. The van der Waals surface area contributed by atoms with Crippen LogP contribution in [0.3, 0.4) is 0 Å². The molecule has 4 heteroatoms. The van der Waals surface area contributed by atoms with Gasteiger partial charge in [0, 0.05) is 6.20 Å². The topological polar surface area (TPSA) is 23.6 Å². The van der Waals surface area contributed by atoms with Gasteiger partial charge in [-0.15, -0.1) is 0 Å². The minimum Gasteiger partial charge on any atom is -0.297 e. The number of nitrogens with zero attached hydrogens (tertiary/aromatic N) is 2. The van der Waals surface area contributed by atoms with E-state index in [1.54, 1.807) is 23.2 Å². The Morgan fingerprint density at radius 2 is 1.77 bits per heavy atom. The van der Waals surface area contributed by atoms with E-state index in [9.17, 15) is 9.18 Å². The minimum atomic E-state index is -0.276. The van der Waals surface area contributed by atoms with E-state index in [-0.39, 0.29) is 17.9 Å². The normalized spacial score (nSPS) is 19.3. The molecule has 1 aliphatic heterocycles. The lowest BCUT2D eigenvalue weighted by Gasteiger charge is -2.25. The van der Waals surface area contributed by atoms with E-state index < -0.39 is 0 Å². The molecular formula is C18H17FN2O. The molecule has 0 radical (unpaired) electrons. The van der Waals surface area contributed by atoms with Crippen LogP contribution in [0.1, 0.15) is 17.3 Å². The molecule has 22 heavy (non-hydrogen) atoms. The third kappa shape index (κ3) is 2.92. The SMILES string of the molecule is CN1CC(=O)N(/C=C\c2ccccc2)C1c1ccc(F)cc1. The van der Waals surface area contributed by atoms with Crippen molar-refractivity contribution in [2.75, 3.05) is 13.6 Å². The average molecular weight is 296 g/mol. The van der Waals surface area contributed by atoms with Crippen LogP contribution in [-0.4, -0.2) is 29.3 Å². The summed E-state index contributed by atoms with van der Waals surface area (Å²) in [5, 5.41) is 0. The summed E-state index contributed by atoms with van der Waals surface area (Å²) in [6.07, 6.45) is 3.51. The molecule has 1 aliphatic rings. The molecule has 1 fully saturated rings. The number of halogens is 1. The van der Waals surface area contributed by atoms with Gasteiger partial charge in [-0.05, 0) is 36.4 Å². The van der Waals surface area contributed by atoms with Crippen LogP contribution >= 0.6 is 0 Å². The lowest BCUT2D eigenvalue weighted by Crippen LogP contribution is -2.26. The fourth-order valence-electron chi connectivity index (χ4n) is 2.68. The molecule has 1 saturated heterocycles. The largest absolute Gasteiger partial charge is 0.297 e. The third-order valence-electron chi connectivity index (χ3n) is 3.75. The number of rotatable bonds is 3. The first-order chi connectivity index (χ1) is 10.6. The second-order valence-electron chi connectivity index (χ2n) is 5.37. The summed E-state index contributed by atoms with van der Waals surface area (Å²) < 4.78 is 13.1. The van der Waals surface area contributed by atoms with Crippen molar-refractivity contribution < 1.29 is 9.18 Å². The zero-order valence-electron chi connectivity index (χ0n) is 12.3. The summed E-state index contributed by atoms with van der Waals surface area (Å²) in [7, 11) is 1.89. The lowest BCUT2D eigenvalue weighted by molar-refractivity contribution is -0.125. The van der Waals surface area contributed by atoms with Gasteiger partial charge in [0.05, 0.1) is 6.54 Å². The van der Waals surface area contributed by atoms with E-state index in [2.05, 4.69) is 0 Å². The Kier molecular flexibility index (Phi) is 4.02. The van der Waals surface area contributed by atoms with Crippen molar-refractivity contribution in [2.45, 2.75) is 6.17 Å². The van der Waals surface area contributed by atoms with Gasteiger partial charge in [-0.25, -0.2) is 4.39 Å². The van der Waals surface area contributed by atoms with Gasteiger partial charge in [0.15, 0.2) is 0 Å². The number of carbonyl (C=O) groups is 1. The van der Waals surface area contributed by atoms with Crippen molar-refractivity contribution in [1.82, 2.24) is 9.80 Å². The fourth-order valence-corrected chi connectivity index (χ4v) is 2.68. The second kappa shape index (κ2) is 6.12. The number of amides is 1. The van der Waals surface area contributed by atoms with Gasteiger partial charge >= 0.3 is 0 Å².